The molecule has 0 unspecified atom stereocenters. The number of imidazole rings is 1. The average Bonchev–Trinajstić information content (AvgIpc) is 3.02. The van der Waals surface area contributed by atoms with E-state index in [1.54, 1.807) is 0 Å². The lowest BCUT2D eigenvalue weighted by molar-refractivity contribution is 0.482. The van der Waals surface area contributed by atoms with Crippen LogP contribution in [0.1, 0.15) is 26.6 Å². The lowest BCUT2D eigenvalue weighted by Crippen LogP contribution is -2.13. The summed E-state index contributed by atoms with van der Waals surface area (Å²) in [7, 11) is 0. The van der Waals surface area contributed by atoms with Gasteiger partial charge in [0.15, 0.2) is 11.5 Å². The van der Waals surface area contributed by atoms with Crippen LogP contribution in [0.25, 0.3) is 11.3 Å². The first-order valence-electron chi connectivity index (χ1n) is 7.75. The molecule has 0 spiro atoms. The molecular weight excluding hydrogens is 286 g/mol. The van der Waals surface area contributed by atoms with Gasteiger partial charge in [-0.1, -0.05) is 39.0 Å². The fourth-order valence-corrected chi connectivity index (χ4v) is 2.71. The summed E-state index contributed by atoms with van der Waals surface area (Å²) in [6, 6.07) is 14.0. The molecule has 23 heavy (non-hydrogen) atoms. The van der Waals surface area contributed by atoms with Gasteiger partial charge in [0.1, 0.15) is 5.82 Å². The first-order chi connectivity index (χ1) is 11.0. The molecule has 3 aromatic rings. The fourth-order valence-electron chi connectivity index (χ4n) is 2.71. The average molecular weight is 305 g/mol. The van der Waals surface area contributed by atoms with E-state index in [0.717, 1.165) is 40.0 Å². The van der Waals surface area contributed by atoms with Crippen LogP contribution in [-0.2, 0) is 5.41 Å². The summed E-state index contributed by atoms with van der Waals surface area (Å²) in [5.41, 5.74) is 3.91. The van der Waals surface area contributed by atoms with Gasteiger partial charge in [-0.25, -0.2) is 4.98 Å². The summed E-state index contributed by atoms with van der Waals surface area (Å²) in [6.45, 7) is 6.43. The number of nitrogens with one attached hydrogen (secondary N) is 2. The summed E-state index contributed by atoms with van der Waals surface area (Å²) in [5.74, 6) is 2.63. The smallest absolute Gasteiger partial charge is 0.160 e. The predicted octanol–water partition coefficient (Wildman–Crippen LogP) is 5.22. The highest BCUT2D eigenvalue weighted by Crippen LogP contribution is 2.46. The molecule has 2 N–H and O–H groups in total. The number of hydrogen-bond acceptors (Lipinski definition) is 3. The molecule has 4 heteroatoms. The van der Waals surface area contributed by atoms with Gasteiger partial charge in [0.2, 0.25) is 0 Å². The van der Waals surface area contributed by atoms with Crippen molar-refractivity contribution < 1.29 is 4.74 Å². The zero-order valence-electron chi connectivity index (χ0n) is 13.5. The molecule has 0 atom stereocenters. The maximum atomic E-state index is 6.15. The molecule has 2 heterocycles. The third-order valence-electron chi connectivity index (χ3n) is 3.96. The van der Waals surface area contributed by atoms with Crippen molar-refractivity contribution in [3.63, 3.8) is 0 Å². The number of hydrogen-bond donors (Lipinski definition) is 2. The maximum absolute atomic E-state index is 6.15. The van der Waals surface area contributed by atoms with Crippen molar-refractivity contribution >= 4 is 11.4 Å². The minimum atomic E-state index is -0.0151. The third-order valence-corrected chi connectivity index (χ3v) is 3.96. The van der Waals surface area contributed by atoms with Gasteiger partial charge in [-0.2, -0.15) is 0 Å². The second-order valence-electron chi connectivity index (χ2n) is 6.80. The Morgan fingerprint density at radius 3 is 2.52 bits per heavy atom. The van der Waals surface area contributed by atoms with Crippen molar-refractivity contribution in [1.29, 1.82) is 0 Å². The Morgan fingerprint density at radius 2 is 1.74 bits per heavy atom. The molecular formula is C19H19N3O. The van der Waals surface area contributed by atoms with E-state index in [2.05, 4.69) is 42.1 Å². The van der Waals surface area contributed by atoms with E-state index in [-0.39, 0.29) is 5.41 Å². The number of fused-ring (bicyclic) bond motifs is 2. The lowest BCUT2D eigenvalue weighted by atomic mass is 9.96. The molecule has 0 fully saturated rings. The third kappa shape index (κ3) is 2.36. The molecule has 0 radical (unpaired) electrons. The Hall–Kier alpha value is -2.75. The molecule has 0 saturated carbocycles. The van der Waals surface area contributed by atoms with Gasteiger partial charge in [-0.15, -0.1) is 0 Å². The van der Waals surface area contributed by atoms with Crippen LogP contribution >= 0.6 is 0 Å². The quantitative estimate of drug-likeness (QED) is 0.506. The first-order valence-corrected chi connectivity index (χ1v) is 7.75. The van der Waals surface area contributed by atoms with Gasteiger partial charge < -0.3 is 15.0 Å². The van der Waals surface area contributed by atoms with Crippen LogP contribution in [0.3, 0.4) is 0 Å². The van der Waals surface area contributed by atoms with E-state index in [1.165, 1.54) is 0 Å². The molecule has 116 valence electrons. The van der Waals surface area contributed by atoms with Crippen LogP contribution in [0, 0.1) is 0 Å². The molecule has 1 aliphatic heterocycles. The normalized spacial score (nSPS) is 12.8. The molecule has 0 bridgehead atoms. The van der Waals surface area contributed by atoms with Gasteiger partial charge in [0.25, 0.3) is 0 Å². The SMILES string of the molecule is CC(C)(C)c1ncc(-c2cccc3c2Oc2ccccc2N3)[nH]1. The number of para-hydroxylation sites is 3. The zero-order chi connectivity index (χ0) is 16.0. The second kappa shape index (κ2) is 4.88. The van der Waals surface area contributed by atoms with Gasteiger partial charge >= 0.3 is 0 Å². The van der Waals surface area contributed by atoms with Crippen molar-refractivity contribution in [1.82, 2.24) is 9.97 Å². The molecule has 1 aliphatic rings. The summed E-state index contributed by atoms with van der Waals surface area (Å²) >= 11 is 0. The highest BCUT2D eigenvalue weighted by molar-refractivity contribution is 5.83. The van der Waals surface area contributed by atoms with Gasteiger partial charge in [0.05, 0.1) is 23.3 Å². The number of ether oxygens (including phenoxy) is 1. The van der Waals surface area contributed by atoms with Crippen LogP contribution in [-0.4, -0.2) is 9.97 Å². The fraction of sp³-hybridized carbons (Fsp3) is 0.211. The van der Waals surface area contributed by atoms with Gasteiger partial charge in [0, 0.05) is 11.0 Å². The van der Waals surface area contributed by atoms with E-state index in [4.69, 9.17) is 4.74 Å². The van der Waals surface area contributed by atoms with Crippen molar-refractivity contribution in [2.24, 2.45) is 0 Å². The maximum Gasteiger partial charge on any atom is 0.160 e. The number of H-pyrrole nitrogens is 1. The van der Waals surface area contributed by atoms with E-state index in [1.807, 2.05) is 42.6 Å². The molecule has 0 aliphatic carbocycles. The zero-order valence-corrected chi connectivity index (χ0v) is 13.5. The summed E-state index contributed by atoms with van der Waals surface area (Å²) in [6.07, 6.45) is 1.88. The van der Waals surface area contributed by atoms with Crippen molar-refractivity contribution in [3.8, 4) is 22.8 Å². The van der Waals surface area contributed by atoms with E-state index in [9.17, 15) is 0 Å². The standard InChI is InChI=1S/C19H19N3O/c1-19(2,3)18-20-11-15(22-18)12-7-6-9-14-17(12)23-16-10-5-4-8-13(16)21-14/h4-11,21H,1-3H3,(H,20,22). The Bertz CT molecular complexity index is 874. The number of anilines is 2. The van der Waals surface area contributed by atoms with Crippen LogP contribution in [0.4, 0.5) is 11.4 Å². The molecule has 0 saturated heterocycles. The Morgan fingerprint density at radius 1 is 0.957 bits per heavy atom. The number of nitrogens with zero attached hydrogens (tertiary/aromatic N) is 1. The number of aromatic nitrogens is 2. The summed E-state index contributed by atoms with van der Waals surface area (Å²) in [5, 5.41) is 3.43. The number of aromatic amines is 1. The van der Waals surface area contributed by atoms with Gasteiger partial charge in [-0.05, 0) is 24.3 Å². The minimum Gasteiger partial charge on any atom is -0.452 e. The Balaban J connectivity index is 1.79. The Labute approximate surface area is 135 Å². The molecule has 1 aromatic heterocycles. The number of rotatable bonds is 1. The van der Waals surface area contributed by atoms with Crippen molar-refractivity contribution in [3.05, 3.63) is 54.5 Å². The molecule has 4 nitrogen and oxygen atoms in total. The minimum absolute atomic E-state index is 0.0151. The predicted molar refractivity (Wildman–Crippen MR) is 92.5 cm³/mol. The van der Waals surface area contributed by atoms with Gasteiger partial charge in [-0.3, -0.25) is 0 Å². The first kappa shape index (κ1) is 13.9. The molecule has 2 aromatic carbocycles. The largest absolute Gasteiger partial charge is 0.452 e. The van der Waals surface area contributed by atoms with Crippen LogP contribution in [0.15, 0.2) is 48.7 Å². The molecule has 4 rings (SSSR count). The van der Waals surface area contributed by atoms with E-state index in [0.29, 0.717) is 0 Å². The highest BCUT2D eigenvalue weighted by atomic mass is 16.5. The Kier molecular flexibility index (Phi) is 2.94. The highest BCUT2D eigenvalue weighted by Gasteiger charge is 2.22. The van der Waals surface area contributed by atoms with Crippen molar-refractivity contribution in [2.75, 3.05) is 5.32 Å². The van der Waals surface area contributed by atoms with Crippen LogP contribution < -0.4 is 10.1 Å². The van der Waals surface area contributed by atoms with Crippen LogP contribution in [0.5, 0.6) is 11.5 Å². The summed E-state index contributed by atoms with van der Waals surface area (Å²) in [4.78, 5) is 7.95. The lowest BCUT2D eigenvalue weighted by Gasteiger charge is -2.23. The van der Waals surface area contributed by atoms with E-state index >= 15 is 0 Å². The van der Waals surface area contributed by atoms with E-state index < -0.39 is 0 Å². The number of benzene rings is 2. The monoisotopic (exact) mass is 305 g/mol. The topological polar surface area (TPSA) is 49.9 Å². The second-order valence-corrected chi connectivity index (χ2v) is 6.80. The molecule has 0 amide bonds. The van der Waals surface area contributed by atoms with Crippen LogP contribution in [0.2, 0.25) is 0 Å². The summed E-state index contributed by atoms with van der Waals surface area (Å²) < 4.78 is 6.15. The van der Waals surface area contributed by atoms with Crippen molar-refractivity contribution in [2.45, 2.75) is 26.2 Å².